The molecule has 0 unspecified atom stereocenters. The molecule has 0 radical (unpaired) electrons. The molecule has 1 aromatic carbocycles. The third-order valence-corrected chi connectivity index (χ3v) is 3.11. The largest absolute Gasteiger partial charge is 0.490 e. The van der Waals surface area contributed by atoms with Crippen molar-refractivity contribution in [3.8, 4) is 11.5 Å². The van der Waals surface area contributed by atoms with Crippen LogP contribution in [0.3, 0.4) is 0 Å². The van der Waals surface area contributed by atoms with Crippen LogP contribution in [0.5, 0.6) is 11.5 Å². The van der Waals surface area contributed by atoms with Gasteiger partial charge in [0.15, 0.2) is 11.5 Å². The first-order valence-electron chi connectivity index (χ1n) is 7.18. The zero-order chi connectivity index (χ0) is 13.7. The van der Waals surface area contributed by atoms with E-state index in [-0.39, 0.29) is 5.54 Å². The van der Waals surface area contributed by atoms with Gasteiger partial charge in [0.25, 0.3) is 0 Å². The summed E-state index contributed by atoms with van der Waals surface area (Å²) in [5.74, 6) is 1.79. The van der Waals surface area contributed by atoms with Crippen LogP contribution in [-0.2, 0) is 6.42 Å². The summed E-state index contributed by atoms with van der Waals surface area (Å²) in [7, 11) is 0. The van der Waals surface area contributed by atoms with Gasteiger partial charge in [-0.3, -0.25) is 0 Å². The van der Waals surface area contributed by atoms with Gasteiger partial charge in [0.05, 0.1) is 13.2 Å². The molecule has 0 spiro atoms. The Balaban J connectivity index is 1.86. The van der Waals surface area contributed by atoms with Gasteiger partial charge in [0.2, 0.25) is 0 Å². The van der Waals surface area contributed by atoms with Crippen molar-refractivity contribution in [3.63, 3.8) is 0 Å². The van der Waals surface area contributed by atoms with E-state index in [1.807, 2.05) is 6.07 Å². The minimum atomic E-state index is 0.199. The molecule has 1 aromatic rings. The molecule has 0 atom stereocenters. The normalized spacial score (nSPS) is 15.1. The van der Waals surface area contributed by atoms with Gasteiger partial charge in [0.1, 0.15) is 0 Å². The average Bonchev–Trinajstić information content (AvgIpc) is 2.58. The molecule has 1 N–H and O–H groups in total. The van der Waals surface area contributed by atoms with Crippen LogP contribution in [0.4, 0.5) is 0 Å². The first-order valence-corrected chi connectivity index (χ1v) is 7.18. The first kappa shape index (κ1) is 14.2. The monoisotopic (exact) mass is 263 g/mol. The summed E-state index contributed by atoms with van der Waals surface area (Å²) in [4.78, 5) is 0. The zero-order valence-electron chi connectivity index (χ0n) is 12.3. The number of hydrogen-bond donors (Lipinski definition) is 1. The Morgan fingerprint density at radius 2 is 1.84 bits per heavy atom. The highest BCUT2D eigenvalue weighted by atomic mass is 16.5. The molecule has 1 aliphatic rings. The highest BCUT2D eigenvalue weighted by Crippen LogP contribution is 2.30. The number of aryl methyl sites for hydroxylation is 1. The van der Waals surface area contributed by atoms with Gasteiger partial charge in [0, 0.05) is 12.0 Å². The third-order valence-electron chi connectivity index (χ3n) is 3.11. The number of ether oxygens (including phenoxy) is 2. The summed E-state index contributed by atoms with van der Waals surface area (Å²) in [6.45, 7) is 9.13. The molecular formula is C16H25NO2. The summed E-state index contributed by atoms with van der Waals surface area (Å²) in [6.07, 6.45) is 3.16. The number of hydrogen-bond acceptors (Lipinski definition) is 3. The average molecular weight is 263 g/mol. The van der Waals surface area contributed by atoms with Crippen molar-refractivity contribution < 1.29 is 9.47 Å². The van der Waals surface area contributed by atoms with E-state index in [0.29, 0.717) is 0 Å². The number of rotatable bonds is 4. The third kappa shape index (κ3) is 4.75. The predicted octanol–water partition coefficient (Wildman–Crippen LogP) is 3.17. The summed E-state index contributed by atoms with van der Waals surface area (Å²) in [5.41, 5.74) is 1.52. The Morgan fingerprint density at radius 1 is 1.11 bits per heavy atom. The van der Waals surface area contributed by atoms with E-state index in [0.717, 1.165) is 50.5 Å². The van der Waals surface area contributed by atoms with Crippen LogP contribution in [0.25, 0.3) is 0 Å². The lowest BCUT2D eigenvalue weighted by molar-refractivity contribution is 0.297. The second-order valence-corrected chi connectivity index (χ2v) is 6.11. The molecule has 3 nitrogen and oxygen atoms in total. The van der Waals surface area contributed by atoms with Gasteiger partial charge in [-0.15, -0.1) is 0 Å². The van der Waals surface area contributed by atoms with Gasteiger partial charge in [-0.05, 0) is 57.9 Å². The van der Waals surface area contributed by atoms with Crippen molar-refractivity contribution >= 4 is 0 Å². The highest BCUT2D eigenvalue weighted by molar-refractivity contribution is 5.43. The molecule has 0 saturated carbocycles. The van der Waals surface area contributed by atoms with E-state index in [9.17, 15) is 0 Å². The fraction of sp³-hybridized carbons (Fsp3) is 0.625. The van der Waals surface area contributed by atoms with Crippen LogP contribution in [-0.4, -0.2) is 25.3 Å². The maximum absolute atomic E-state index is 5.71. The molecule has 3 heteroatoms. The topological polar surface area (TPSA) is 30.5 Å². The molecule has 0 aliphatic carbocycles. The number of benzene rings is 1. The molecule has 19 heavy (non-hydrogen) atoms. The van der Waals surface area contributed by atoms with E-state index in [1.165, 1.54) is 5.56 Å². The van der Waals surface area contributed by atoms with E-state index >= 15 is 0 Å². The fourth-order valence-corrected chi connectivity index (χ4v) is 2.12. The molecular weight excluding hydrogens is 238 g/mol. The molecule has 0 bridgehead atoms. The van der Waals surface area contributed by atoms with Crippen LogP contribution in [0.1, 0.15) is 39.2 Å². The smallest absolute Gasteiger partial charge is 0.161 e. The van der Waals surface area contributed by atoms with E-state index in [4.69, 9.17) is 9.47 Å². The molecule has 2 rings (SSSR count). The predicted molar refractivity (Wildman–Crippen MR) is 78.1 cm³/mol. The Labute approximate surface area is 116 Å². The van der Waals surface area contributed by atoms with Crippen molar-refractivity contribution in [1.82, 2.24) is 5.32 Å². The van der Waals surface area contributed by atoms with E-state index in [1.54, 1.807) is 0 Å². The Hall–Kier alpha value is -1.22. The second kappa shape index (κ2) is 6.29. The maximum Gasteiger partial charge on any atom is 0.161 e. The zero-order valence-corrected chi connectivity index (χ0v) is 12.3. The van der Waals surface area contributed by atoms with Crippen LogP contribution in [0.2, 0.25) is 0 Å². The molecule has 0 amide bonds. The van der Waals surface area contributed by atoms with Crippen molar-refractivity contribution in [2.75, 3.05) is 19.8 Å². The van der Waals surface area contributed by atoms with Gasteiger partial charge < -0.3 is 14.8 Å². The van der Waals surface area contributed by atoms with Gasteiger partial charge in [-0.25, -0.2) is 0 Å². The lowest BCUT2D eigenvalue weighted by atomic mass is 10.1. The summed E-state index contributed by atoms with van der Waals surface area (Å²) in [6, 6.07) is 6.30. The molecule has 0 fully saturated rings. The van der Waals surface area contributed by atoms with E-state index in [2.05, 4.69) is 38.2 Å². The summed E-state index contributed by atoms with van der Waals surface area (Å²) < 4.78 is 11.3. The minimum absolute atomic E-state index is 0.199. The van der Waals surface area contributed by atoms with Gasteiger partial charge in [-0.2, -0.15) is 0 Å². The minimum Gasteiger partial charge on any atom is -0.490 e. The van der Waals surface area contributed by atoms with Gasteiger partial charge >= 0.3 is 0 Å². The maximum atomic E-state index is 5.71. The fourth-order valence-electron chi connectivity index (χ4n) is 2.12. The molecule has 0 aromatic heterocycles. The Bertz CT molecular complexity index is 410. The van der Waals surface area contributed by atoms with Gasteiger partial charge in [-0.1, -0.05) is 6.07 Å². The standard InChI is InChI=1S/C16H25NO2/c1-16(2,3)17-9-4-6-13-7-8-14-15(12-13)19-11-5-10-18-14/h7-8,12,17H,4-6,9-11H2,1-3H3. The lowest BCUT2D eigenvalue weighted by Crippen LogP contribution is -2.36. The van der Waals surface area contributed by atoms with Crippen LogP contribution < -0.4 is 14.8 Å². The second-order valence-electron chi connectivity index (χ2n) is 6.11. The Morgan fingerprint density at radius 3 is 2.58 bits per heavy atom. The Kier molecular flexibility index (Phi) is 4.70. The van der Waals surface area contributed by atoms with Crippen LogP contribution in [0.15, 0.2) is 18.2 Å². The van der Waals surface area contributed by atoms with Crippen LogP contribution in [0, 0.1) is 0 Å². The molecule has 1 heterocycles. The van der Waals surface area contributed by atoms with Crippen molar-refractivity contribution in [2.24, 2.45) is 0 Å². The lowest BCUT2D eigenvalue weighted by Gasteiger charge is -2.20. The summed E-state index contributed by atoms with van der Waals surface area (Å²) >= 11 is 0. The van der Waals surface area contributed by atoms with Crippen molar-refractivity contribution in [3.05, 3.63) is 23.8 Å². The van der Waals surface area contributed by atoms with Crippen LogP contribution >= 0.6 is 0 Å². The van der Waals surface area contributed by atoms with E-state index < -0.39 is 0 Å². The first-order chi connectivity index (χ1) is 9.04. The SMILES string of the molecule is CC(C)(C)NCCCc1ccc2c(c1)OCCCO2. The molecule has 106 valence electrons. The summed E-state index contributed by atoms with van der Waals surface area (Å²) in [5, 5.41) is 3.51. The van der Waals surface area contributed by atoms with Crippen molar-refractivity contribution in [2.45, 2.75) is 45.6 Å². The molecule has 0 saturated heterocycles. The quantitative estimate of drug-likeness (QED) is 0.846. The van der Waals surface area contributed by atoms with Crippen molar-refractivity contribution in [1.29, 1.82) is 0 Å². The molecule has 1 aliphatic heterocycles. The number of nitrogens with one attached hydrogen (secondary N) is 1. The highest BCUT2D eigenvalue weighted by Gasteiger charge is 2.11. The number of fused-ring (bicyclic) bond motifs is 1.